The van der Waals surface area contributed by atoms with Crippen LogP contribution >= 0.6 is 0 Å². The third-order valence-electron chi connectivity index (χ3n) is 2.54. The van der Waals surface area contributed by atoms with Gasteiger partial charge in [0, 0.05) is 24.5 Å². The monoisotopic (exact) mass is 253 g/mol. The Bertz CT molecular complexity index is 562. The molecule has 1 aromatic heterocycles. The first-order valence-electron chi connectivity index (χ1n) is 6.12. The van der Waals surface area contributed by atoms with Crippen LogP contribution in [0, 0.1) is 0 Å². The molecule has 0 bridgehead atoms. The van der Waals surface area contributed by atoms with Gasteiger partial charge in [0.1, 0.15) is 0 Å². The van der Waals surface area contributed by atoms with Crippen LogP contribution in [-0.2, 0) is 0 Å². The fourth-order valence-electron chi connectivity index (χ4n) is 1.59. The number of hydrogen-bond donors (Lipinski definition) is 1. The molecule has 1 aromatic carbocycles. The number of carbonyl (C=O) groups excluding carboxylic acids is 1. The molecule has 0 aliphatic carbocycles. The van der Waals surface area contributed by atoms with Gasteiger partial charge in [-0.15, -0.1) is 0 Å². The van der Waals surface area contributed by atoms with Gasteiger partial charge in [-0.2, -0.15) is 0 Å². The highest BCUT2D eigenvalue weighted by molar-refractivity contribution is 5.94. The van der Waals surface area contributed by atoms with Gasteiger partial charge in [0.15, 0.2) is 0 Å². The van der Waals surface area contributed by atoms with E-state index in [4.69, 9.17) is 0 Å². The zero-order valence-electron chi connectivity index (χ0n) is 10.7. The third kappa shape index (κ3) is 3.74. The summed E-state index contributed by atoms with van der Waals surface area (Å²) in [5.74, 6) is -0.0491. The van der Waals surface area contributed by atoms with Crippen molar-refractivity contribution in [3.05, 3.63) is 59.7 Å². The predicted octanol–water partition coefficient (Wildman–Crippen LogP) is 2.40. The Morgan fingerprint density at radius 1 is 1.21 bits per heavy atom. The lowest BCUT2D eigenvalue weighted by Gasteiger charge is -2.02. The highest BCUT2D eigenvalue weighted by Gasteiger charge is 2.02. The summed E-state index contributed by atoms with van der Waals surface area (Å²) in [6, 6.07) is 7.41. The van der Waals surface area contributed by atoms with Crippen molar-refractivity contribution in [3.8, 4) is 0 Å². The highest BCUT2D eigenvalue weighted by Crippen LogP contribution is 2.08. The maximum absolute atomic E-state index is 11.6. The van der Waals surface area contributed by atoms with E-state index in [1.807, 2.05) is 31.2 Å². The second kappa shape index (κ2) is 6.44. The van der Waals surface area contributed by atoms with Crippen molar-refractivity contribution in [2.24, 2.45) is 0 Å². The van der Waals surface area contributed by atoms with E-state index >= 15 is 0 Å². The van der Waals surface area contributed by atoms with Crippen molar-refractivity contribution >= 4 is 18.1 Å². The van der Waals surface area contributed by atoms with Crippen molar-refractivity contribution in [2.45, 2.75) is 6.92 Å². The van der Waals surface area contributed by atoms with Crippen molar-refractivity contribution in [3.63, 3.8) is 0 Å². The summed E-state index contributed by atoms with van der Waals surface area (Å²) in [6.45, 7) is 2.53. The van der Waals surface area contributed by atoms with E-state index in [0.717, 1.165) is 11.3 Å². The number of hydrogen-bond acceptors (Lipinski definition) is 3. The zero-order chi connectivity index (χ0) is 13.5. The van der Waals surface area contributed by atoms with E-state index in [9.17, 15) is 4.79 Å². The number of aromatic nitrogens is 2. The second-order valence-corrected chi connectivity index (χ2v) is 3.95. The summed E-state index contributed by atoms with van der Waals surface area (Å²) in [4.78, 5) is 19.7. The lowest BCUT2D eigenvalue weighted by atomic mass is 10.1. The summed E-state index contributed by atoms with van der Waals surface area (Å²) >= 11 is 0. The minimum absolute atomic E-state index is 0.0491. The Hall–Kier alpha value is -2.49. The standard InChI is InChI=1S/C15H15N3O/c1-2-17-15(19)13-6-3-12(4-7-13)5-8-14-11-16-9-10-18-14/h3-11H,2H2,1H3,(H,17,19)/b8-5+. The first-order chi connectivity index (χ1) is 9.29. The van der Waals surface area contributed by atoms with E-state index in [1.165, 1.54) is 0 Å². The van der Waals surface area contributed by atoms with Crippen LogP contribution in [0.2, 0.25) is 0 Å². The molecular weight excluding hydrogens is 238 g/mol. The van der Waals surface area contributed by atoms with Crippen molar-refractivity contribution < 1.29 is 4.79 Å². The number of rotatable bonds is 4. The summed E-state index contributed by atoms with van der Waals surface area (Å²) in [5.41, 5.74) is 2.48. The Morgan fingerprint density at radius 3 is 2.63 bits per heavy atom. The largest absolute Gasteiger partial charge is 0.352 e. The van der Waals surface area contributed by atoms with Gasteiger partial charge in [-0.25, -0.2) is 0 Å². The Kier molecular flexibility index (Phi) is 4.39. The van der Waals surface area contributed by atoms with Crippen molar-refractivity contribution in [2.75, 3.05) is 6.54 Å². The van der Waals surface area contributed by atoms with E-state index < -0.39 is 0 Å². The van der Waals surface area contributed by atoms with E-state index in [2.05, 4.69) is 15.3 Å². The SMILES string of the molecule is CCNC(=O)c1ccc(/C=C/c2cnccn2)cc1. The smallest absolute Gasteiger partial charge is 0.251 e. The molecule has 0 aliphatic rings. The highest BCUT2D eigenvalue weighted by atomic mass is 16.1. The molecule has 0 spiro atoms. The zero-order valence-corrected chi connectivity index (χ0v) is 10.7. The van der Waals surface area contributed by atoms with Crippen LogP contribution in [0.3, 0.4) is 0 Å². The first kappa shape index (κ1) is 13.0. The number of benzene rings is 1. The molecule has 1 heterocycles. The molecule has 0 saturated carbocycles. The molecule has 2 aromatic rings. The lowest BCUT2D eigenvalue weighted by molar-refractivity contribution is 0.0956. The molecular formula is C15H15N3O. The third-order valence-corrected chi connectivity index (χ3v) is 2.54. The molecule has 1 amide bonds. The fraction of sp³-hybridized carbons (Fsp3) is 0.133. The van der Waals surface area contributed by atoms with Gasteiger partial charge in [-0.3, -0.25) is 14.8 Å². The first-order valence-corrected chi connectivity index (χ1v) is 6.12. The molecule has 0 unspecified atom stereocenters. The quantitative estimate of drug-likeness (QED) is 0.910. The molecule has 0 fully saturated rings. The number of amides is 1. The van der Waals surface area contributed by atoms with Crippen LogP contribution in [-0.4, -0.2) is 22.4 Å². The molecule has 0 radical (unpaired) electrons. The van der Waals surface area contributed by atoms with Crippen LogP contribution in [0.4, 0.5) is 0 Å². The predicted molar refractivity (Wildman–Crippen MR) is 75.4 cm³/mol. The second-order valence-electron chi connectivity index (χ2n) is 3.95. The fourth-order valence-corrected chi connectivity index (χ4v) is 1.59. The van der Waals surface area contributed by atoms with E-state index in [0.29, 0.717) is 12.1 Å². The molecule has 0 aliphatic heterocycles. The summed E-state index contributed by atoms with van der Waals surface area (Å²) in [7, 11) is 0. The minimum atomic E-state index is -0.0491. The van der Waals surface area contributed by atoms with Crippen LogP contribution in [0.1, 0.15) is 28.5 Å². The topological polar surface area (TPSA) is 54.9 Å². The number of carbonyl (C=O) groups is 1. The van der Waals surface area contributed by atoms with Gasteiger partial charge >= 0.3 is 0 Å². The minimum Gasteiger partial charge on any atom is -0.352 e. The molecule has 4 heteroatoms. The van der Waals surface area contributed by atoms with Crippen LogP contribution in [0.25, 0.3) is 12.2 Å². The van der Waals surface area contributed by atoms with E-state index in [-0.39, 0.29) is 5.91 Å². The summed E-state index contributed by atoms with van der Waals surface area (Å²) in [5, 5.41) is 2.76. The molecule has 96 valence electrons. The van der Waals surface area contributed by atoms with Crippen LogP contribution in [0.15, 0.2) is 42.9 Å². The lowest BCUT2D eigenvalue weighted by Crippen LogP contribution is -2.22. The maximum Gasteiger partial charge on any atom is 0.251 e. The Balaban J connectivity index is 2.07. The average molecular weight is 253 g/mol. The average Bonchev–Trinajstić information content (AvgIpc) is 2.47. The summed E-state index contributed by atoms with van der Waals surface area (Å²) in [6.07, 6.45) is 8.80. The van der Waals surface area contributed by atoms with Gasteiger partial charge in [0.05, 0.1) is 11.9 Å². The van der Waals surface area contributed by atoms with Gasteiger partial charge < -0.3 is 5.32 Å². The van der Waals surface area contributed by atoms with E-state index in [1.54, 1.807) is 30.7 Å². The normalized spacial score (nSPS) is 10.6. The molecule has 2 rings (SSSR count). The van der Waals surface area contributed by atoms with Gasteiger partial charge in [-0.1, -0.05) is 18.2 Å². The molecule has 19 heavy (non-hydrogen) atoms. The van der Waals surface area contributed by atoms with Gasteiger partial charge in [-0.05, 0) is 30.7 Å². The Morgan fingerprint density at radius 2 is 2.00 bits per heavy atom. The molecule has 4 nitrogen and oxygen atoms in total. The molecule has 0 saturated heterocycles. The molecule has 0 atom stereocenters. The summed E-state index contributed by atoms with van der Waals surface area (Å²) < 4.78 is 0. The maximum atomic E-state index is 11.6. The molecule has 1 N–H and O–H groups in total. The Labute approximate surface area is 112 Å². The van der Waals surface area contributed by atoms with Crippen LogP contribution in [0.5, 0.6) is 0 Å². The van der Waals surface area contributed by atoms with Crippen molar-refractivity contribution in [1.82, 2.24) is 15.3 Å². The van der Waals surface area contributed by atoms with Crippen molar-refractivity contribution in [1.29, 1.82) is 0 Å². The van der Waals surface area contributed by atoms with Gasteiger partial charge in [0.25, 0.3) is 5.91 Å². The van der Waals surface area contributed by atoms with Crippen LogP contribution < -0.4 is 5.32 Å². The van der Waals surface area contributed by atoms with Gasteiger partial charge in [0.2, 0.25) is 0 Å². The number of nitrogens with zero attached hydrogens (tertiary/aromatic N) is 2. The number of nitrogens with one attached hydrogen (secondary N) is 1.